The normalized spacial score (nSPS) is 19.0. The van der Waals surface area contributed by atoms with Gasteiger partial charge in [0.2, 0.25) is 0 Å². The molecule has 1 aromatic heterocycles. The number of halogens is 1. The molecule has 0 radical (unpaired) electrons. The fourth-order valence-electron chi connectivity index (χ4n) is 5.48. The van der Waals surface area contributed by atoms with Crippen molar-refractivity contribution in [3.63, 3.8) is 0 Å². The molecule has 0 aliphatic carbocycles. The number of nitrogens with one attached hydrogen (secondary N) is 2. The van der Waals surface area contributed by atoms with Gasteiger partial charge in [-0.1, -0.05) is 18.2 Å². The standard InChI is InChI=1S/C33H31FN4O5/c1-19-3-6-22-14-30(19)42-18-31(39)35-16-21-4-8-24(9-5-21)43-29-11-12-38(17-28(29)37-32(22)40)33(41)26-13-20(2)36-27-10-7-23(34)15-25(26)27/h3-10,13-15,28-29H,11-12,16-18H2,1-2H3,(H,35,39)(H,37,40)/t28-,29-/m0/s1. The van der Waals surface area contributed by atoms with Crippen molar-refractivity contribution >= 4 is 28.6 Å². The average molecular weight is 583 g/mol. The average Bonchev–Trinajstić information content (AvgIpc) is 3.00. The van der Waals surface area contributed by atoms with Crippen molar-refractivity contribution < 1.29 is 28.2 Å². The zero-order chi connectivity index (χ0) is 30.1. The van der Waals surface area contributed by atoms with Gasteiger partial charge in [-0.3, -0.25) is 19.4 Å². The van der Waals surface area contributed by atoms with Crippen LogP contribution in [0, 0.1) is 19.7 Å². The van der Waals surface area contributed by atoms with Gasteiger partial charge in [0.1, 0.15) is 23.4 Å². The molecule has 43 heavy (non-hydrogen) atoms. The topological polar surface area (TPSA) is 110 Å². The number of fused-ring (bicyclic) bond motifs is 8. The van der Waals surface area contributed by atoms with Crippen LogP contribution in [0.1, 0.15) is 44.0 Å². The van der Waals surface area contributed by atoms with Crippen LogP contribution in [0.15, 0.2) is 66.7 Å². The van der Waals surface area contributed by atoms with Crippen LogP contribution >= 0.6 is 0 Å². The van der Waals surface area contributed by atoms with E-state index < -0.39 is 18.0 Å². The van der Waals surface area contributed by atoms with E-state index in [2.05, 4.69) is 15.6 Å². The lowest BCUT2D eigenvalue weighted by molar-refractivity contribution is -0.123. The van der Waals surface area contributed by atoms with E-state index in [1.165, 1.54) is 12.1 Å². The molecule has 4 bridgehead atoms. The van der Waals surface area contributed by atoms with Crippen molar-refractivity contribution in [3.05, 3.63) is 100 Å². The molecule has 0 spiro atoms. The summed E-state index contributed by atoms with van der Waals surface area (Å²) in [5, 5.41) is 6.34. The maximum atomic E-state index is 14.2. The van der Waals surface area contributed by atoms with E-state index >= 15 is 0 Å². The Bertz CT molecular complexity index is 1720. The molecule has 10 heteroatoms. The third-order valence-corrected chi connectivity index (χ3v) is 7.79. The number of carbonyl (C=O) groups is 3. The minimum Gasteiger partial charge on any atom is -0.488 e. The second kappa shape index (κ2) is 11.7. The van der Waals surface area contributed by atoms with Crippen molar-refractivity contribution in [2.24, 2.45) is 0 Å². The van der Waals surface area contributed by atoms with Gasteiger partial charge in [0.05, 0.1) is 17.1 Å². The molecule has 9 nitrogen and oxygen atoms in total. The van der Waals surface area contributed by atoms with Crippen molar-refractivity contribution in [1.82, 2.24) is 20.5 Å². The lowest BCUT2D eigenvalue weighted by atomic mass is 9.98. The third-order valence-electron chi connectivity index (χ3n) is 7.79. The maximum absolute atomic E-state index is 14.2. The highest BCUT2D eigenvalue weighted by atomic mass is 19.1. The minimum absolute atomic E-state index is 0.180. The van der Waals surface area contributed by atoms with Crippen LogP contribution in [0.5, 0.6) is 11.5 Å². The van der Waals surface area contributed by atoms with E-state index in [0.717, 1.165) is 11.1 Å². The number of likely N-dealkylation sites (tertiary alicyclic amines) is 1. The van der Waals surface area contributed by atoms with Crippen molar-refractivity contribution in [3.8, 4) is 11.5 Å². The molecule has 3 aromatic carbocycles. The van der Waals surface area contributed by atoms with Gasteiger partial charge >= 0.3 is 0 Å². The Kier molecular flexibility index (Phi) is 7.67. The Balaban J connectivity index is 1.32. The molecule has 2 atom stereocenters. The Hall–Kier alpha value is -4.99. The number of hydrogen-bond donors (Lipinski definition) is 2. The molecule has 2 N–H and O–H groups in total. The predicted molar refractivity (Wildman–Crippen MR) is 158 cm³/mol. The molecule has 7 rings (SSSR count). The fraction of sp³-hybridized carbons (Fsp3) is 0.273. The lowest BCUT2D eigenvalue weighted by Gasteiger charge is -2.39. The van der Waals surface area contributed by atoms with Gasteiger partial charge in [-0.2, -0.15) is 0 Å². The van der Waals surface area contributed by atoms with Crippen LogP contribution in [-0.4, -0.2) is 59.4 Å². The smallest absolute Gasteiger partial charge is 0.258 e. The van der Waals surface area contributed by atoms with Gasteiger partial charge in [0, 0.05) is 42.7 Å². The van der Waals surface area contributed by atoms with Crippen molar-refractivity contribution in [2.45, 2.75) is 39.0 Å². The summed E-state index contributed by atoms with van der Waals surface area (Å²) >= 11 is 0. The molecule has 1 saturated heterocycles. The number of aryl methyl sites for hydroxylation is 2. The number of ether oxygens (including phenoxy) is 2. The molecule has 0 saturated carbocycles. The van der Waals surface area contributed by atoms with Gasteiger partial charge in [-0.25, -0.2) is 4.39 Å². The monoisotopic (exact) mass is 582 g/mol. The number of nitrogens with zero attached hydrogens (tertiary/aromatic N) is 2. The summed E-state index contributed by atoms with van der Waals surface area (Å²) in [5.74, 6) is -0.340. The van der Waals surface area contributed by atoms with Gasteiger partial charge in [-0.05, 0) is 73.5 Å². The zero-order valence-electron chi connectivity index (χ0n) is 23.9. The highest BCUT2D eigenvalue weighted by Crippen LogP contribution is 2.26. The van der Waals surface area contributed by atoms with Crippen LogP contribution in [0.3, 0.4) is 0 Å². The molecular formula is C33H31FN4O5. The quantitative estimate of drug-likeness (QED) is 0.350. The van der Waals surface area contributed by atoms with Crippen LogP contribution in [0.2, 0.25) is 0 Å². The molecule has 220 valence electrons. The van der Waals surface area contributed by atoms with Crippen LogP contribution in [0.25, 0.3) is 10.9 Å². The Morgan fingerprint density at radius 2 is 1.84 bits per heavy atom. The summed E-state index contributed by atoms with van der Waals surface area (Å²) in [4.78, 5) is 45.9. The van der Waals surface area contributed by atoms with Gasteiger partial charge in [-0.15, -0.1) is 0 Å². The second-order valence-electron chi connectivity index (χ2n) is 10.9. The predicted octanol–water partition coefficient (Wildman–Crippen LogP) is 4.09. The molecule has 1 fully saturated rings. The van der Waals surface area contributed by atoms with E-state index in [4.69, 9.17) is 9.47 Å². The largest absolute Gasteiger partial charge is 0.488 e. The minimum atomic E-state index is -0.555. The number of hydrogen-bond acceptors (Lipinski definition) is 6. The van der Waals surface area contributed by atoms with Gasteiger partial charge in [0.25, 0.3) is 17.7 Å². The van der Waals surface area contributed by atoms with Crippen LogP contribution < -0.4 is 20.1 Å². The molecule has 0 unspecified atom stereocenters. The number of piperidine rings is 1. The van der Waals surface area contributed by atoms with Crippen LogP contribution in [0.4, 0.5) is 4.39 Å². The zero-order valence-corrected chi connectivity index (χ0v) is 23.9. The highest BCUT2D eigenvalue weighted by molar-refractivity contribution is 6.06. The summed E-state index contributed by atoms with van der Waals surface area (Å²) in [7, 11) is 0. The molecule has 3 aliphatic heterocycles. The Labute approximate surface area is 248 Å². The van der Waals surface area contributed by atoms with Crippen LogP contribution in [-0.2, 0) is 11.3 Å². The summed E-state index contributed by atoms with van der Waals surface area (Å²) in [6.45, 7) is 4.32. The summed E-state index contributed by atoms with van der Waals surface area (Å²) in [6.07, 6.45) is 0.0244. The number of benzene rings is 3. The number of pyridine rings is 1. The van der Waals surface area contributed by atoms with Crippen molar-refractivity contribution in [2.75, 3.05) is 19.7 Å². The molecule has 4 heterocycles. The molecule has 3 aliphatic rings. The SMILES string of the molecule is Cc1cc(C(=O)N2CC[C@@H]3Oc4ccc(cc4)CNC(=O)COc4cc(ccc4C)C(=O)N[C@H]3C2)c2cc(F)ccc2n1. The first kappa shape index (κ1) is 28.1. The number of carbonyl (C=O) groups excluding carboxylic acids is 3. The Morgan fingerprint density at radius 3 is 2.65 bits per heavy atom. The molecule has 3 amide bonds. The molecule has 4 aromatic rings. The fourth-order valence-corrected chi connectivity index (χ4v) is 5.48. The molecular weight excluding hydrogens is 551 g/mol. The first-order valence-electron chi connectivity index (χ1n) is 14.2. The summed E-state index contributed by atoms with van der Waals surface area (Å²) in [5.41, 5.74) is 3.56. The number of amides is 3. The van der Waals surface area contributed by atoms with Gasteiger partial charge < -0.3 is 25.0 Å². The van der Waals surface area contributed by atoms with Crippen molar-refractivity contribution in [1.29, 1.82) is 0 Å². The maximum Gasteiger partial charge on any atom is 0.258 e. The lowest BCUT2D eigenvalue weighted by Crippen LogP contribution is -2.58. The van der Waals surface area contributed by atoms with E-state index in [1.54, 1.807) is 42.2 Å². The highest BCUT2D eigenvalue weighted by Gasteiger charge is 2.35. The van der Waals surface area contributed by atoms with Gasteiger partial charge in [0.15, 0.2) is 6.61 Å². The Morgan fingerprint density at radius 1 is 1.02 bits per heavy atom. The first-order valence-corrected chi connectivity index (χ1v) is 14.2. The van der Waals surface area contributed by atoms with E-state index in [-0.39, 0.29) is 30.9 Å². The first-order chi connectivity index (χ1) is 20.7. The summed E-state index contributed by atoms with van der Waals surface area (Å²) in [6, 6.07) is 17.7. The number of aromatic nitrogens is 1. The van der Waals surface area contributed by atoms with E-state index in [1.807, 2.05) is 31.2 Å². The summed E-state index contributed by atoms with van der Waals surface area (Å²) < 4.78 is 26.3. The second-order valence-corrected chi connectivity index (χ2v) is 10.9. The number of rotatable bonds is 1. The third kappa shape index (κ3) is 6.13. The van der Waals surface area contributed by atoms with E-state index in [9.17, 15) is 18.8 Å². The van der Waals surface area contributed by atoms with E-state index in [0.29, 0.717) is 58.7 Å².